The van der Waals surface area contributed by atoms with Crippen molar-refractivity contribution in [2.24, 2.45) is 0 Å². The average Bonchev–Trinajstić information content (AvgIpc) is 0.690. The van der Waals surface area contributed by atoms with Crippen LogP contribution in [0.5, 0.6) is 0 Å². The normalized spacial score (nSPS) is 28.4. The van der Waals surface area contributed by atoms with Crippen molar-refractivity contribution in [1.82, 2.24) is 0 Å². The van der Waals surface area contributed by atoms with Crippen LogP contribution in [0.3, 0.4) is 0 Å². The van der Waals surface area contributed by atoms with E-state index in [-0.39, 0.29) is 52.9 Å². The fourth-order valence-corrected chi connectivity index (χ4v) is 48.2. The maximum absolute atomic E-state index is 7.66. The summed E-state index contributed by atoms with van der Waals surface area (Å²) < 4.78 is 150. The van der Waals surface area contributed by atoms with Crippen LogP contribution >= 0.6 is 0 Å². The first-order chi connectivity index (χ1) is 45.0. The van der Waals surface area contributed by atoms with Crippen LogP contribution in [0.4, 0.5) is 0 Å². The number of unbranched alkanes of at least 4 members (excludes halogenated alkanes) is 40. The zero-order valence-corrected chi connectivity index (χ0v) is 67.8. The molecule has 6 saturated heterocycles. The second-order valence-corrected chi connectivity index (χ2v) is 46.3. The fraction of sp³-hybridized carbons (Fsp3) is 1.00. The third-order valence-electron chi connectivity index (χ3n) is 17.2. The minimum atomic E-state index is -5.06. The van der Waals surface area contributed by atoms with Crippen molar-refractivity contribution < 1.29 is 84.8 Å². The lowest BCUT2D eigenvalue weighted by Crippen LogP contribution is -2.91. The molecule has 6 aliphatic rings. The van der Waals surface area contributed by atoms with Gasteiger partial charge in [-0.3, -0.25) is 0 Å². The van der Waals surface area contributed by atoms with Gasteiger partial charge in [-0.1, -0.05) is 312 Å². The molecule has 0 amide bonds. The van der Waals surface area contributed by atoms with Gasteiger partial charge in [0.2, 0.25) is 0 Å². The average molecular weight is 1450 g/mol. The summed E-state index contributed by atoms with van der Waals surface area (Å²) in [6.07, 6.45) is 47.5. The highest BCUT2D eigenvalue weighted by Crippen LogP contribution is 2.51. The standard InChI is InChI=1S/C64H136O20Si8/c1-9-17-25-33-41-49-57-65-85-73-86(66-58-50-42-34-26-18-10-2)76-89(69-61-53-45-37-29-21-13-5)78-87(74-85,67-59-51-43-35-27-19-11-3)80-91(71-63-55-47-39-31-23-15-7)81-88(75-85,68-60-52-44-36-28-20-12-4)79-90(77-86,70-62-54-46-38-30-22-14-6)83-92(82-89,84-91)72-64-56-48-40-32-24-16-8/h9-64H2,1-8H3. The SMILES string of the molecule is CCCCCCCCO[Si]12O[Si]3(OCCCCCCCC)O[Si]4(OCCCCCCCC)O[Si](OCCCCCCCC)(O1)O[Si]1(OCCCCCCCC)O[Si](OCCCCCCCC)(O2)O[Si](OCCCCCCCC)(O3)O[Si](OCCCCCCCC)(O4)O1. The Balaban J connectivity index is 1.82. The van der Waals surface area contributed by atoms with Gasteiger partial charge in [-0.25, -0.2) is 0 Å². The van der Waals surface area contributed by atoms with Gasteiger partial charge in [-0.05, 0) is 51.4 Å². The van der Waals surface area contributed by atoms with Crippen molar-refractivity contribution >= 4 is 72.4 Å². The molecule has 0 N–H and O–H groups in total. The van der Waals surface area contributed by atoms with E-state index in [9.17, 15) is 0 Å². The van der Waals surface area contributed by atoms with Gasteiger partial charge in [0.1, 0.15) is 0 Å². The first-order valence-electron chi connectivity index (χ1n) is 38.5. The minimum absolute atomic E-state index is 0.140. The maximum Gasteiger partial charge on any atom is 0.662 e. The molecule has 6 aliphatic heterocycles. The number of hydrogen-bond acceptors (Lipinski definition) is 20. The predicted molar refractivity (Wildman–Crippen MR) is 374 cm³/mol. The summed E-state index contributed by atoms with van der Waals surface area (Å²) in [6.45, 7) is 18.9. The Morgan fingerprint density at radius 3 is 0.315 bits per heavy atom. The predicted octanol–water partition coefficient (Wildman–Crippen LogP) is 18.8. The Morgan fingerprint density at radius 2 is 0.217 bits per heavy atom. The third-order valence-corrected chi connectivity index (χ3v) is 45.7. The smallest absolute Gasteiger partial charge is 0.353 e. The van der Waals surface area contributed by atoms with Gasteiger partial charge < -0.3 is 84.8 Å². The van der Waals surface area contributed by atoms with Gasteiger partial charge in [0.05, 0.1) is 0 Å². The summed E-state index contributed by atoms with van der Waals surface area (Å²) >= 11 is 0. The van der Waals surface area contributed by atoms with Crippen molar-refractivity contribution in [1.29, 1.82) is 0 Å². The van der Waals surface area contributed by atoms with Crippen molar-refractivity contribution in [2.45, 2.75) is 364 Å². The van der Waals surface area contributed by atoms with Gasteiger partial charge in [0.15, 0.2) is 0 Å². The van der Waals surface area contributed by atoms with E-state index >= 15 is 0 Å². The molecule has 0 aromatic carbocycles. The van der Waals surface area contributed by atoms with Crippen LogP contribution in [0, 0.1) is 0 Å². The first-order valence-corrected chi connectivity index (χ1v) is 51.6. The van der Waals surface area contributed by atoms with Crippen molar-refractivity contribution in [3.8, 4) is 0 Å². The summed E-state index contributed by atoms with van der Waals surface area (Å²) in [4.78, 5) is 0. The van der Waals surface area contributed by atoms with Gasteiger partial charge in [-0.15, -0.1) is 0 Å². The lowest BCUT2D eigenvalue weighted by molar-refractivity contribution is -0.168. The summed E-state index contributed by atoms with van der Waals surface area (Å²) in [5, 5.41) is 0. The molecular weight excluding hydrogens is 1310 g/mol. The molecule has 0 unspecified atom stereocenters. The fourth-order valence-electron chi connectivity index (χ4n) is 11.7. The molecular formula is C64H136O20Si8. The van der Waals surface area contributed by atoms with Crippen molar-refractivity contribution in [3.05, 3.63) is 0 Å². The lowest BCUT2D eigenvalue weighted by Gasteiger charge is -2.57. The Labute approximate surface area is 570 Å². The van der Waals surface area contributed by atoms with Crippen LogP contribution in [0.15, 0.2) is 0 Å². The Kier molecular flexibility index (Phi) is 44.3. The highest BCUT2D eigenvalue weighted by molar-refractivity contribution is 6.97. The molecule has 544 valence electrons. The Hall–Kier alpha value is 0.935. The van der Waals surface area contributed by atoms with E-state index in [1.165, 1.54) is 0 Å². The maximum atomic E-state index is 7.66. The second-order valence-electron chi connectivity index (χ2n) is 26.2. The van der Waals surface area contributed by atoms with Crippen LogP contribution in [0.1, 0.15) is 364 Å². The largest absolute Gasteiger partial charge is 0.662 e. The molecule has 8 bridgehead atoms. The van der Waals surface area contributed by atoms with Crippen LogP contribution in [-0.2, 0) is 84.8 Å². The summed E-state index contributed by atoms with van der Waals surface area (Å²) in [5.74, 6) is 0. The van der Waals surface area contributed by atoms with E-state index in [2.05, 4.69) is 55.4 Å². The molecule has 0 aliphatic carbocycles. The molecule has 0 radical (unpaired) electrons. The first kappa shape index (κ1) is 83.6. The van der Waals surface area contributed by atoms with Crippen LogP contribution in [-0.4, -0.2) is 125 Å². The van der Waals surface area contributed by atoms with Crippen molar-refractivity contribution in [2.75, 3.05) is 52.9 Å². The Morgan fingerprint density at radius 1 is 0.130 bits per heavy atom. The van der Waals surface area contributed by atoms with Crippen LogP contribution in [0.25, 0.3) is 0 Å². The van der Waals surface area contributed by atoms with Gasteiger partial charge in [0.25, 0.3) is 0 Å². The molecule has 92 heavy (non-hydrogen) atoms. The monoisotopic (exact) mass is 1450 g/mol. The molecule has 0 saturated carbocycles. The van der Waals surface area contributed by atoms with E-state index in [0.29, 0.717) is 51.4 Å². The summed E-state index contributed by atoms with van der Waals surface area (Å²) in [5.41, 5.74) is 0. The van der Waals surface area contributed by atoms with Crippen LogP contribution < -0.4 is 0 Å². The summed E-state index contributed by atoms with van der Waals surface area (Å²) in [6, 6.07) is 0. The van der Waals surface area contributed by atoms with E-state index < -0.39 is 72.4 Å². The zero-order chi connectivity index (χ0) is 65.7. The van der Waals surface area contributed by atoms with Gasteiger partial charge in [0, 0.05) is 52.9 Å². The van der Waals surface area contributed by atoms with Gasteiger partial charge in [-0.2, -0.15) is 0 Å². The highest BCUT2D eigenvalue weighted by Gasteiger charge is 2.91. The molecule has 6 fully saturated rings. The van der Waals surface area contributed by atoms with Gasteiger partial charge >= 0.3 is 72.4 Å². The van der Waals surface area contributed by atoms with E-state index in [4.69, 9.17) is 84.8 Å². The topological polar surface area (TPSA) is 185 Å². The second kappa shape index (κ2) is 48.7. The number of rotatable bonds is 64. The molecule has 28 heteroatoms. The number of hydrogen-bond donors (Lipinski definition) is 0. The molecule has 6 rings (SSSR count). The van der Waals surface area contributed by atoms with Crippen molar-refractivity contribution in [3.63, 3.8) is 0 Å². The van der Waals surface area contributed by atoms with Crippen LogP contribution in [0.2, 0.25) is 0 Å². The van der Waals surface area contributed by atoms with E-state index in [0.717, 1.165) is 257 Å². The molecule has 20 nitrogen and oxygen atoms in total. The minimum Gasteiger partial charge on any atom is -0.353 e. The Bertz CT molecular complexity index is 1380. The summed E-state index contributed by atoms with van der Waals surface area (Å²) in [7, 11) is -40.5. The molecule has 0 spiro atoms. The molecule has 0 aromatic heterocycles. The third kappa shape index (κ3) is 31.4. The zero-order valence-electron chi connectivity index (χ0n) is 59.8. The molecule has 0 aromatic rings. The molecule has 6 heterocycles. The van der Waals surface area contributed by atoms with E-state index in [1.54, 1.807) is 0 Å². The highest BCUT2D eigenvalue weighted by atomic mass is 28.7. The lowest BCUT2D eigenvalue weighted by atomic mass is 10.1. The van der Waals surface area contributed by atoms with E-state index in [1.807, 2.05) is 0 Å². The quantitative estimate of drug-likeness (QED) is 0.0413. The molecule has 0 atom stereocenters.